The number of rotatable bonds is 8. The molecule has 0 atom stereocenters. The zero-order valence-corrected chi connectivity index (χ0v) is 12.2. The molecule has 2 nitrogen and oxygen atoms in total. The smallest absolute Gasteiger partial charge is 0.0366 e. The number of hydrogen-bond acceptors (Lipinski definition) is 2. The van der Waals surface area contributed by atoms with Crippen molar-refractivity contribution in [3.63, 3.8) is 0 Å². The zero-order valence-electron chi connectivity index (χ0n) is 12.2. The van der Waals surface area contributed by atoms with Gasteiger partial charge in [0.1, 0.15) is 0 Å². The zero-order chi connectivity index (χ0) is 13.4. The molecule has 0 heterocycles. The molecule has 0 unspecified atom stereocenters. The van der Waals surface area contributed by atoms with Crippen LogP contribution in [0.25, 0.3) is 0 Å². The maximum absolute atomic E-state index is 5.65. The highest BCUT2D eigenvalue weighted by molar-refractivity contribution is 5.45. The van der Waals surface area contributed by atoms with Gasteiger partial charge in [-0.1, -0.05) is 32.0 Å². The highest BCUT2D eigenvalue weighted by Gasteiger charge is 2.16. The lowest BCUT2D eigenvalue weighted by atomic mass is 9.84. The van der Waals surface area contributed by atoms with Crippen LogP contribution in [0.1, 0.15) is 40.0 Å². The van der Waals surface area contributed by atoms with Gasteiger partial charge >= 0.3 is 0 Å². The van der Waals surface area contributed by atoms with E-state index in [4.69, 9.17) is 5.73 Å². The largest absolute Gasteiger partial charge is 0.372 e. The maximum Gasteiger partial charge on any atom is 0.0366 e. The summed E-state index contributed by atoms with van der Waals surface area (Å²) < 4.78 is 0. The van der Waals surface area contributed by atoms with Gasteiger partial charge in [0.25, 0.3) is 0 Å². The van der Waals surface area contributed by atoms with Crippen molar-refractivity contribution in [2.75, 3.05) is 24.5 Å². The minimum atomic E-state index is 0.380. The van der Waals surface area contributed by atoms with E-state index in [1.807, 2.05) is 0 Å². The van der Waals surface area contributed by atoms with Crippen LogP contribution in [-0.4, -0.2) is 19.6 Å². The molecule has 0 fully saturated rings. The molecule has 18 heavy (non-hydrogen) atoms. The molecule has 0 aliphatic heterocycles. The summed E-state index contributed by atoms with van der Waals surface area (Å²) >= 11 is 0. The van der Waals surface area contributed by atoms with Crippen molar-refractivity contribution in [1.29, 1.82) is 0 Å². The summed E-state index contributed by atoms with van der Waals surface area (Å²) in [7, 11) is 0. The molecule has 2 N–H and O–H groups in total. The van der Waals surface area contributed by atoms with Gasteiger partial charge in [0.15, 0.2) is 0 Å². The predicted octanol–water partition coefficient (Wildman–Crippen LogP) is 3.67. The molecule has 1 aromatic carbocycles. The molecule has 1 aromatic rings. The van der Waals surface area contributed by atoms with E-state index in [1.54, 1.807) is 0 Å². The second-order valence-electron chi connectivity index (χ2n) is 5.72. The van der Waals surface area contributed by atoms with Gasteiger partial charge in [0.05, 0.1) is 0 Å². The Balaban J connectivity index is 2.41. The van der Waals surface area contributed by atoms with Crippen LogP contribution in [-0.2, 0) is 0 Å². The lowest BCUT2D eigenvalue weighted by molar-refractivity contribution is 0.305. The Morgan fingerprint density at radius 2 is 1.78 bits per heavy atom. The lowest BCUT2D eigenvalue weighted by Gasteiger charge is -2.27. The highest BCUT2D eigenvalue weighted by Crippen LogP contribution is 2.26. The van der Waals surface area contributed by atoms with Crippen LogP contribution in [0.5, 0.6) is 0 Å². The Kier molecular flexibility index (Phi) is 6.20. The van der Waals surface area contributed by atoms with Crippen LogP contribution >= 0.6 is 0 Å². The first kappa shape index (κ1) is 15.0. The fraction of sp³-hybridized carbons (Fsp3) is 0.625. The molecule has 2 heteroatoms. The minimum Gasteiger partial charge on any atom is -0.372 e. The van der Waals surface area contributed by atoms with Crippen LogP contribution in [0.2, 0.25) is 0 Å². The van der Waals surface area contributed by atoms with Gasteiger partial charge in [0.2, 0.25) is 0 Å². The van der Waals surface area contributed by atoms with Crippen molar-refractivity contribution >= 4 is 5.69 Å². The standard InChI is InChI=1S/C16H28N2/c1-4-18(15-9-6-5-7-10-15)14-8-11-16(2,3)12-13-17/h5-7,9-10H,4,8,11-14,17H2,1-3H3. The summed E-state index contributed by atoms with van der Waals surface area (Å²) in [5.74, 6) is 0. The van der Waals surface area contributed by atoms with Crippen molar-refractivity contribution < 1.29 is 0 Å². The first-order valence-electron chi connectivity index (χ1n) is 7.09. The number of nitrogens with zero attached hydrogens (tertiary/aromatic N) is 1. The lowest BCUT2D eigenvalue weighted by Crippen LogP contribution is -2.25. The average Bonchev–Trinajstić information content (AvgIpc) is 2.35. The molecule has 0 bridgehead atoms. The fourth-order valence-electron chi connectivity index (χ4n) is 2.37. The number of anilines is 1. The summed E-state index contributed by atoms with van der Waals surface area (Å²) in [6, 6.07) is 10.7. The van der Waals surface area contributed by atoms with Gasteiger partial charge in [0, 0.05) is 18.8 Å². The number of nitrogens with two attached hydrogens (primary N) is 1. The van der Waals surface area contributed by atoms with E-state index in [0.29, 0.717) is 5.41 Å². The van der Waals surface area contributed by atoms with Crippen LogP contribution in [0, 0.1) is 5.41 Å². The topological polar surface area (TPSA) is 29.3 Å². The van der Waals surface area contributed by atoms with E-state index in [1.165, 1.54) is 18.5 Å². The molecular weight excluding hydrogens is 220 g/mol. The van der Waals surface area contributed by atoms with E-state index in [0.717, 1.165) is 26.1 Å². The van der Waals surface area contributed by atoms with Gasteiger partial charge in [-0.25, -0.2) is 0 Å². The molecule has 102 valence electrons. The van der Waals surface area contributed by atoms with Gasteiger partial charge in [-0.2, -0.15) is 0 Å². The van der Waals surface area contributed by atoms with Crippen LogP contribution in [0.15, 0.2) is 30.3 Å². The Morgan fingerprint density at radius 3 is 2.33 bits per heavy atom. The summed E-state index contributed by atoms with van der Waals surface area (Å²) in [6.45, 7) is 9.86. The van der Waals surface area contributed by atoms with Gasteiger partial charge < -0.3 is 10.6 Å². The molecule has 0 saturated carbocycles. The Labute approximate surface area is 112 Å². The third-order valence-corrected chi connectivity index (χ3v) is 3.61. The van der Waals surface area contributed by atoms with Crippen molar-refractivity contribution in [2.24, 2.45) is 11.1 Å². The molecule has 0 saturated heterocycles. The fourth-order valence-corrected chi connectivity index (χ4v) is 2.37. The van der Waals surface area contributed by atoms with Gasteiger partial charge in [-0.3, -0.25) is 0 Å². The van der Waals surface area contributed by atoms with E-state index in [2.05, 4.69) is 56.0 Å². The third kappa shape index (κ3) is 5.09. The maximum atomic E-state index is 5.65. The Bertz CT molecular complexity index is 319. The number of para-hydroxylation sites is 1. The summed E-state index contributed by atoms with van der Waals surface area (Å²) in [6.07, 6.45) is 3.59. The summed E-state index contributed by atoms with van der Waals surface area (Å²) in [4.78, 5) is 2.44. The predicted molar refractivity (Wildman–Crippen MR) is 81.0 cm³/mol. The normalized spacial score (nSPS) is 11.6. The molecule has 0 aromatic heterocycles. The second kappa shape index (κ2) is 7.42. The van der Waals surface area contributed by atoms with Crippen molar-refractivity contribution in [3.8, 4) is 0 Å². The number of hydrogen-bond donors (Lipinski definition) is 1. The van der Waals surface area contributed by atoms with Gasteiger partial charge in [-0.15, -0.1) is 0 Å². The van der Waals surface area contributed by atoms with E-state index in [-0.39, 0.29) is 0 Å². The quantitative estimate of drug-likeness (QED) is 0.760. The van der Waals surface area contributed by atoms with Crippen molar-refractivity contribution in [2.45, 2.75) is 40.0 Å². The molecular formula is C16H28N2. The SMILES string of the molecule is CCN(CCCC(C)(C)CCN)c1ccccc1. The number of benzene rings is 1. The van der Waals surface area contributed by atoms with E-state index in [9.17, 15) is 0 Å². The molecule has 0 spiro atoms. The van der Waals surface area contributed by atoms with E-state index >= 15 is 0 Å². The van der Waals surface area contributed by atoms with Crippen LogP contribution < -0.4 is 10.6 Å². The minimum absolute atomic E-state index is 0.380. The van der Waals surface area contributed by atoms with Crippen molar-refractivity contribution in [1.82, 2.24) is 0 Å². The molecule has 0 aliphatic rings. The summed E-state index contributed by atoms with van der Waals surface area (Å²) in [5, 5.41) is 0. The van der Waals surface area contributed by atoms with Crippen LogP contribution in [0.4, 0.5) is 5.69 Å². The van der Waals surface area contributed by atoms with E-state index < -0.39 is 0 Å². The molecule has 0 amide bonds. The second-order valence-corrected chi connectivity index (χ2v) is 5.72. The third-order valence-electron chi connectivity index (χ3n) is 3.61. The molecule has 0 radical (unpaired) electrons. The van der Waals surface area contributed by atoms with Crippen molar-refractivity contribution in [3.05, 3.63) is 30.3 Å². The molecule has 0 aliphatic carbocycles. The van der Waals surface area contributed by atoms with Gasteiger partial charge in [-0.05, 0) is 50.3 Å². The summed E-state index contributed by atoms with van der Waals surface area (Å²) in [5.41, 5.74) is 7.36. The monoisotopic (exact) mass is 248 g/mol. The Hall–Kier alpha value is -1.02. The first-order chi connectivity index (χ1) is 8.59. The average molecular weight is 248 g/mol. The Morgan fingerprint density at radius 1 is 1.11 bits per heavy atom. The van der Waals surface area contributed by atoms with Crippen LogP contribution in [0.3, 0.4) is 0 Å². The molecule has 1 rings (SSSR count). The first-order valence-corrected chi connectivity index (χ1v) is 7.09. The highest BCUT2D eigenvalue weighted by atomic mass is 15.1.